The maximum absolute atomic E-state index is 10.9. The van der Waals surface area contributed by atoms with E-state index in [0.717, 1.165) is 11.0 Å². The first-order valence-corrected chi connectivity index (χ1v) is 6.81. The average Bonchev–Trinajstić information content (AvgIpc) is 3.16. The van der Waals surface area contributed by atoms with Crippen LogP contribution in [-0.4, -0.2) is 14.3 Å². The Morgan fingerprint density at radius 2 is 2.21 bits per heavy atom. The summed E-state index contributed by atoms with van der Waals surface area (Å²) in [5, 5.41) is 14.7. The summed E-state index contributed by atoms with van der Waals surface area (Å²) < 4.78 is 4.28. The largest absolute Gasteiger partial charge is 0.356 e. The van der Waals surface area contributed by atoms with E-state index in [2.05, 4.69) is 14.7 Å². The van der Waals surface area contributed by atoms with E-state index in [1.54, 1.807) is 18.2 Å². The summed E-state index contributed by atoms with van der Waals surface area (Å²) in [7, 11) is 0. The number of aromatic nitrogens is 2. The quantitative estimate of drug-likeness (QED) is 0.670. The van der Waals surface area contributed by atoms with Gasteiger partial charge in [0.25, 0.3) is 5.69 Å². The minimum absolute atomic E-state index is 0.127. The Balaban J connectivity index is 1.69. The number of hydrogen-bond donors (Lipinski definition) is 1. The van der Waals surface area contributed by atoms with E-state index < -0.39 is 0 Å². The average molecular weight is 276 g/mol. The van der Waals surface area contributed by atoms with Crippen LogP contribution in [0.2, 0.25) is 0 Å². The molecule has 1 fully saturated rings. The van der Waals surface area contributed by atoms with Crippen molar-refractivity contribution in [2.45, 2.75) is 25.3 Å². The van der Waals surface area contributed by atoms with Crippen LogP contribution in [0.4, 0.5) is 10.8 Å². The molecule has 1 heterocycles. The highest BCUT2D eigenvalue weighted by Gasteiger charge is 2.27. The zero-order chi connectivity index (χ0) is 13.2. The first kappa shape index (κ1) is 12.0. The molecular formula is C12H12N4O2S. The molecule has 1 aliphatic rings. The van der Waals surface area contributed by atoms with Crippen LogP contribution in [0, 0.1) is 10.1 Å². The van der Waals surface area contributed by atoms with E-state index in [0.29, 0.717) is 18.0 Å². The molecule has 6 nitrogen and oxygen atoms in total. The van der Waals surface area contributed by atoms with Crippen molar-refractivity contribution in [1.82, 2.24) is 9.36 Å². The van der Waals surface area contributed by atoms with Gasteiger partial charge in [0.2, 0.25) is 5.13 Å². The lowest BCUT2D eigenvalue weighted by Gasteiger charge is -2.03. The highest BCUT2D eigenvalue weighted by Crippen LogP contribution is 2.39. The molecular weight excluding hydrogens is 264 g/mol. The number of para-hydroxylation sites is 1. The summed E-state index contributed by atoms with van der Waals surface area (Å²) in [4.78, 5) is 14.9. The first-order chi connectivity index (χ1) is 9.24. The summed E-state index contributed by atoms with van der Waals surface area (Å²) in [6.45, 7) is 0.385. The zero-order valence-electron chi connectivity index (χ0n) is 10.1. The van der Waals surface area contributed by atoms with Gasteiger partial charge in [0.15, 0.2) is 0 Å². The lowest BCUT2D eigenvalue weighted by atomic mass is 10.2. The molecule has 0 amide bonds. The van der Waals surface area contributed by atoms with Crippen molar-refractivity contribution < 1.29 is 4.92 Å². The minimum atomic E-state index is -0.368. The third-order valence-electron chi connectivity index (χ3n) is 3.00. The van der Waals surface area contributed by atoms with E-state index in [1.807, 2.05) is 0 Å². The number of benzene rings is 1. The van der Waals surface area contributed by atoms with Gasteiger partial charge in [-0.1, -0.05) is 18.2 Å². The van der Waals surface area contributed by atoms with Crippen molar-refractivity contribution in [2.24, 2.45) is 0 Å². The van der Waals surface area contributed by atoms with Crippen molar-refractivity contribution in [3.63, 3.8) is 0 Å². The zero-order valence-corrected chi connectivity index (χ0v) is 10.9. The highest BCUT2D eigenvalue weighted by molar-refractivity contribution is 7.09. The third-order valence-corrected chi connectivity index (χ3v) is 3.69. The summed E-state index contributed by atoms with van der Waals surface area (Å²) in [5.41, 5.74) is 0.776. The first-order valence-electron chi connectivity index (χ1n) is 6.04. The molecule has 0 aliphatic heterocycles. The standard InChI is InChI=1S/C12H12N4O2S/c17-16(18)10-4-2-1-3-9(10)7-13-12-14-11(15-19-12)8-5-6-8/h1-4,8H,5-7H2,(H,13,14,15). The van der Waals surface area contributed by atoms with E-state index in [4.69, 9.17) is 0 Å². The second-order valence-electron chi connectivity index (χ2n) is 4.47. The van der Waals surface area contributed by atoms with E-state index >= 15 is 0 Å². The highest BCUT2D eigenvalue weighted by atomic mass is 32.1. The Hall–Kier alpha value is -2.02. The second-order valence-corrected chi connectivity index (χ2v) is 5.22. The number of nitrogens with one attached hydrogen (secondary N) is 1. The summed E-state index contributed by atoms with van der Waals surface area (Å²) in [6.07, 6.45) is 2.33. The Labute approximate surface area is 113 Å². The number of hydrogen-bond acceptors (Lipinski definition) is 6. The Morgan fingerprint density at radius 3 is 2.95 bits per heavy atom. The number of nitrogens with zero attached hydrogens (tertiary/aromatic N) is 3. The van der Waals surface area contributed by atoms with Crippen molar-refractivity contribution in [2.75, 3.05) is 5.32 Å². The van der Waals surface area contributed by atoms with Crippen LogP contribution in [-0.2, 0) is 6.54 Å². The van der Waals surface area contributed by atoms with Crippen LogP contribution in [0.15, 0.2) is 24.3 Å². The normalized spacial score (nSPS) is 14.3. The molecule has 0 radical (unpaired) electrons. The minimum Gasteiger partial charge on any atom is -0.356 e. The molecule has 0 saturated heterocycles. The van der Waals surface area contributed by atoms with Crippen molar-refractivity contribution >= 4 is 22.4 Å². The molecule has 1 aromatic carbocycles. The number of nitro benzene ring substituents is 1. The predicted molar refractivity (Wildman–Crippen MR) is 72.3 cm³/mol. The predicted octanol–water partition coefficient (Wildman–Crippen LogP) is 2.94. The summed E-state index contributed by atoms with van der Waals surface area (Å²) >= 11 is 1.31. The van der Waals surface area contributed by atoms with Crippen molar-refractivity contribution in [3.8, 4) is 0 Å². The fraction of sp³-hybridized carbons (Fsp3) is 0.333. The fourth-order valence-corrected chi connectivity index (χ4v) is 2.46. The molecule has 98 valence electrons. The molecule has 2 aromatic rings. The second kappa shape index (κ2) is 4.93. The monoisotopic (exact) mass is 276 g/mol. The van der Waals surface area contributed by atoms with Gasteiger partial charge in [0.05, 0.1) is 4.92 Å². The summed E-state index contributed by atoms with van der Waals surface area (Å²) in [6, 6.07) is 6.71. The Bertz CT molecular complexity index is 609. The molecule has 1 saturated carbocycles. The molecule has 0 atom stereocenters. The molecule has 3 rings (SSSR count). The van der Waals surface area contributed by atoms with Crippen LogP contribution in [0.25, 0.3) is 0 Å². The van der Waals surface area contributed by atoms with E-state index in [-0.39, 0.29) is 10.6 Å². The molecule has 19 heavy (non-hydrogen) atoms. The molecule has 0 bridgehead atoms. The maximum atomic E-state index is 10.9. The Kier molecular flexibility index (Phi) is 3.12. The van der Waals surface area contributed by atoms with Crippen LogP contribution >= 0.6 is 11.5 Å². The van der Waals surface area contributed by atoms with Gasteiger partial charge in [0, 0.05) is 35.6 Å². The molecule has 1 aromatic heterocycles. The van der Waals surface area contributed by atoms with E-state index in [9.17, 15) is 10.1 Å². The van der Waals surface area contributed by atoms with E-state index in [1.165, 1.54) is 30.4 Å². The third kappa shape index (κ3) is 2.70. The molecule has 0 unspecified atom stereocenters. The Morgan fingerprint density at radius 1 is 1.42 bits per heavy atom. The van der Waals surface area contributed by atoms with Crippen LogP contribution < -0.4 is 5.32 Å². The fourth-order valence-electron chi connectivity index (χ4n) is 1.82. The number of nitro groups is 1. The van der Waals surface area contributed by atoms with Gasteiger partial charge in [-0.05, 0) is 12.8 Å². The van der Waals surface area contributed by atoms with Gasteiger partial charge in [-0.3, -0.25) is 10.1 Å². The summed E-state index contributed by atoms with van der Waals surface area (Å²) in [5.74, 6) is 1.42. The molecule has 7 heteroatoms. The van der Waals surface area contributed by atoms with Gasteiger partial charge >= 0.3 is 0 Å². The lowest BCUT2D eigenvalue weighted by molar-refractivity contribution is -0.385. The molecule has 1 N–H and O–H groups in total. The topological polar surface area (TPSA) is 81.0 Å². The van der Waals surface area contributed by atoms with Gasteiger partial charge in [-0.2, -0.15) is 4.37 Å². The van der Waals surface area contributed by atoms with Crippen molar-refractivity contribution in [1.29, 1.82) is 0 Å². The SMILES string of the molecule is O=[N+]([O-])c1ccccc1CNc1nc(C2CC2)ns1. The molecule has 0 spiro atoms. The van der Waals surface area contributed by atoms with Gasteiger partial charge in [-0.15, -0.1) is 0 Å². The number of rotatable bonds is 5. The molecule has 1 aliphatic carbocycles. The maximum Gasteiger partial charge on any atom is 0.274 e. The van der Waals surface area contributed by atoms with Crippen molar-refractivity contribution in [3.05, 3.63) is 45.8 Å². The van der Waals surface area contributed by atoms with Gasteiger partial charge in [0.1, 0.15) is 5.82 Å². The van der Waals surface area contributed by atoms with Gasteiger partial charge in [-0.25, -0.2) is 4.98 Å². The smallest absolute Gasteiger partial charge is 0.274 e. The van der Waals surface area contributed by atoms with Crippen LogP contribution in [0.5, 0.6) is 0 Å². The lowest BCUT2D eigenvalue weighted by Crippen LogP contribution is -2.02. The van der Waals surface area contributed by atoms with Crippen LogP contribution in [0.1, 0.15) is 30.1 Å². The van der Waals surface area contributed by atoms with Crippen LogP contribution in [0.3, 0.4) is 0 Å². The van der Waals surface area contributed by atoms with Gasteiger partial charge < -0.3 is 5.32 Å². The number of anilines is 1.